The van der Waals surface area contributed by atoms with E-state index in [0.717, 1.165) is 17.0 Å². The maximum atomic E-state index is 13.3. The van der Waals surface area contributed by atoms with Gasteiger partial charge in [0, 0.05) is 18.8 Å². The molecule has 2 aromatic carbocycles. The van der Waals surface area contributed by atoms with Gasteiger partial charge >= 0.3 is 10.2 Å². The first-order valence-electron chi connectivity index (χ1n) is 9.61. The van der Waals surface area contributed by atoms with Crippen molar-refractivity contribution in [3.8, 4) is 17.3 Å². The van der Waals surface area contributed by atoms with E-state index in [1.165, 1.54) is 37.5 Å². The highest BCUT2D eigenvalue weighted by Gasteiger charge is 2.65. The van der Waals surface area contributed by atoms with E-state index in [-0.39, 0.29) is 29.2 Å². The van der Waals surface area contributed by atoms with E-state index in [2.05, 4.69) is 9.98 Å². The van der Waals surface area contributed by atoms with E-state index in [1.807, 2.05) is 6.07 Å². The standard InChI is InChI=1S/C22H16F5N5OS/c1-32-20(33)22(31-21(32)29,16-5-7-18(8-6-16)34(23,24,25,26)27)17-4-2-3-15(12-17)19-11-14(13-28)9-10-30-19/h2-12H,1H3,(H2,29,31). The number of amides is 1. The summed E-state index contributed by atoms with van der Waals surface area (Å²) in [4.78, 5) is 20.7. The van der Waals surface area contributed by atoms with Crippen LogP contribution < -0.4 is 5.73 Å². The molecule has 0 saturated heterocycles. The van der Waals surface area contributed by atoms with Gasteiger partial charge in [-0.15, -0.1) is 0 Å². The summed E-state index contributed by atoms with van der Waals surface area (Å²) in [5, 5.41) is 9.14. The lowest BCUT2D eigenvalue weighted by Crippen LogP contribution is -2.41. The average Bonchev–Trinajstić information content (AvgIpc) is 3.02. The van der Waals surface area contributed by atoms with Crippen LogP contribution in [0.2, 0.25) is 0 Å². The molecular weight excluding hydrogens is 477 g/mol. The second-order valence-corrected chi connectivity index (χ2v) is 10.1. The van der Waals surface area contributed by atoms with Crippen molar-refractivity contribution in [2.24, 2.45) is 10.7 Å². The lowest BCUT2D eigenvalue weighted by atomic mass is 9.82. The van der Waals surface area contributed by atoms with Crippen LogP contribution in [0.4, 0.5) is 19.4 Å². The molecule has 0 spiro atoms. The Hall–Kier alpha value is -3.98. The first-order chi connectivity index (χ1) is 15.7. The van der Waals surface area contributed by atoms with Gasteiger partial charge in [-0.05, 0) is 41.5 Å². The number of likely N-dealkylation sites (N-methyl/N-ethyl adjacent to an activating group) is 1. The third-order valence-electron chi connectivity index (χ3n) is 5.42. The van der Waals surface area contributed by atoms with Crippen LogP contribution in [0.5, 0.6) is 0 Å². The summed E-state index contributed by atoms with van der Waals surface area (Å²) in [5.41, 5.74) is 5.35. The van der Waals surface area contributed by atoms with Gasteiger partial charge in [0.2, 0.25) is 0 Å². The molecule has 12 heteroatoms. The van der Waals surface area contributed by atoms with Crippen molar-refractivity contribution in [2.75, 3.05) is 7.05 Å². The number of carbonyl (C=O) groups is 1. The van der Waals surface area contributed by atoms with Crippen LogP contribution in [0, 0.1) is 11.3 Å². The number of halogens is 5. The molecule has 0 bridgehead atoms. The highest BCUT2D eigenvalue weighted by Crippen LogP contribution is 3.02. The smallest absolute Gasteiger partial charge is 0.310 e. The van der Waals surface area contributed by atoms with Gasteiger partial charge in [-0.2, -0.15) is 5.26 Å². The quantitative estimate of drug-likeness (QED) is 0.499. The zero-order valence-electron chi connectivity index (χ0n) is 17.4. The Bertz CT molecular complexity index is 1400. The highest BCUT2D eigenvalue weighted by atomic mass is 32.5. The number of nitrogens with two attached hydrogens (primary N) is 1. The van der Waals surface area contributed by atoms with Crippen molar-refractivity contribution in [3.63, 3.8) is 0 Å². The van der Waals surface area contributed by atoms with Gasteiger partial charge in [-0.1, -0.05) is 49.8 Å². The van der Waals surface area contributed by atoms with Crippen molar-refractivity contribution < 1.29 is 24.2 Å². The number of carbonyl (C=O) groups excluding carboxylic acids is 1. The predicted molar refractivity (Wildman–Crippen MR) is 117 cm³/mol. The molecule has 1 amide bonds. The van der Waals surface area contributed by atoms with Gasteiger partial charge in [-0.25, -0.2) is 4.99 Å². The van der Waals surface area contributed by atoms with Crippen LogP contribution in [0.1, 0.15) is 16.7 Å². The second-order valence-electron chi connectivity index (χ2n) is 7.66. The summed E-state index contributed by atoms with van der Waals surface area (Å²) in [7, 11) is -8.57. The van der Waals surface area contributed by atoms with Crippen LogP contribution in [0.25, 0.3) is 11.3 Å². The van der Waals surface area contributed by atoms with Gasteiger partial charge in [0.15, 0.2) is 11.5 Å². The van der Waals surface area contributed by atoms with E-state index in [1.54, 1.807) is 12.1 Å². The molecule has 0 fully saturated rings. The minimum absolute atomic E-state index is 0.0775. The molecule has 0 aliphatic carbocycles. The van der Waals surface area contributed by atoms with Crippen LogP contribution in [0.3, 0.4) is 0 Å². The third-order valence-corrected chi connectivity index (χ3v) is 6.59. The zero-order chi connectivity index (χ0) is 25.0. The van der Waals surface area contributed by atoms with E-state index in [0.29, 0.717) is 16.8 Å². The Balaban J connectivity index is 1.92. The molecule has 0 saturated carbocycles. The van der Waals surface area contributed by atoms with Crippen molar-refractivity contribution in [3.05, 3.63) is 83.6 Å². The summed E-state index contributed by atoms with van der Waals surface area (Å²) in [6.07, 6.45) is 1.43. The number of aliphatic imine (C=N–C) groups is 1. The minimum Gasteiger partial charge on any atom is -0.369 e. The number of hydrogen-bond donors (Lipinski definition) is 1. The van der Waals surface area contributed by atoms with E-state index in [9.17, 15) is 24.2 Å². The summed E-state index contributed by atoms with van der Waals surface area (Å²) >= 11 is 0. The highest BCUT2D eigenvalue weighted by molar-refractivity contribution is 8.45. The molecule has 0 radical (unpaired) electrons. The largest absolute Gasteiger partial charge is 0.369 e. The molecule has 1 aromatic heterocycles. The fourth-order valence-corrected chi connectivity index (χ4v) is 4.35. The van der Waals surface area contributed by atoms with Crippen molar-refractivity contribution in [2.45, 2.75) is 10.4 Å². The molecule has 1 aliphatic rings. The third kappa shape index (κ3) is 3.84. The lowest BCUT2D eigenvalue weighted by Gasteiger charge is -2.40. The summed E-state index contributed by atoms with van der Waals surface area (Å²) in [5.74, 6) is -0.877. The molecule has 176 valence electrons. The first-order valence-corrected chi connectivity index (χ1v) is 11.6. The number of benzene rings is 2. The Morgan fingerprint density at radius 3 is 2.24 bits per heavy atom. The Morgan fingerprint density at radius 2 is 1.68 bits per heavy atom. The Kier molecular flexibility index (Phi) is 4.62. The predicted octanol–water partition coefficient (Wildman–Crippen LogP) is 5.31. The summed E-state index contributed by atoms with van der Waals surface area (Å²) < 4.78 is 66.1. The molecule has 1 atom stereocenters. The maximum Gasteiger partial charge on any atom is 0.310 e. The molecule has 4 rings (SSSR count). The van der Waals surface area contributed by atoms with Crippen LogP contribution >= 0.6 is 10.2 Å². The number of guanidine groups is 1. The molecule has 6 nitrogen and oxygen atoms in total. The zero-order valence-corrected chi connectivity index (χ0v) is 18.2. The number of aromatic nitrogens is 1. The Morgan fingerprint density at radius 1 is 1.00 bits per heavy atom. The average molecular weight is 493 g/mol. The van der Waals surface area contributed by atoms with Crippen molar-refractivity contribution >= 4 is 22.1 Å². The fourth-order valence-electron chi connectivity index (χ4n) is 3.70. The number of hydrogen-bond acceptors (Lipinski definition) is 5. The van der Waals surface area contributed by atoms with Gasteiger partial charge in [0.05, 0.1) is 17.3 Å². The van der Waals surface area contributed by atoms with E-state index in [4.69, 9.17) is 11.0 Å². The van der Waals surface area contributed by atoms with Crippen LogP contribution in [-0.2, 0) is 10.3 Å². The first kappa shape index (κ1) is 23.2. The number of pyridine rings is 1. The molecule has 1 aliphatic heterocycles. The molecule has 34 heavy (non-hydrogen) atoms. The maximum absolute atomic E-state index is 13.3. The van der Waals surface area contributed by atoms with Gasteiger partial charge < -0.3 is 5.73 Å². The minimum atomic E-state index is -9.91. The number of nitrogens with zero attached hydrogens (tertiary/aromatic N) is 4. The molecule has 1 unspecified atom stereocenters. The fraction of sp³-hybridized carbons (Fsp3) is 0.0909. The molecule has 2 N–H and O–H groups in total. The summed E-state index contributed by atoms with van der Waals surface area (Å²) in [6.45, 7) is 0. The molecule has 2 heterocycles. The van der Waals surface area contributed by atoms with Crippen LogP contribution in [0.15, 0.2) is 76.7 Å². The van der Waals surface area contributed by atoms with Crippen molar-refractivity contribution in [1.82, 2.24) is 9.88 Å². The van der Waals surface area contributed by atoms with Crippen molar-refractivity contribution in [1.29, 1.82) is 5.26 Å². The molecule has 3 aromatic rings. The van der Waals surface area contributed by atoms with Gasteiger partial charge in [0.1, 0.15) is 4.90 Å². The van der Waals surface area contributed by atoms with Gasteiger partial charge in [-0.3, -0.25) is 14.7 Å². The SMILES string of the molecule is CN1C(=O)C(c2ccc(S(F)(F)(F)(F)F)cc2)(c2cccc(-c3cc(C#N)ccn3)c2)N=C1N. The number of nitriles is 1. The number of rotatable bonds is 4. The molecular formula is C22H16F5N5OS. The second kappa shape index (κ2) is 6.77. The van der Waals surface area contributed by atoms with Gasteiger partial charge in [0.25, 0.3) is 5.91 Å². The van der Waals surface area contributed by atoms with Crippen LogP contribution in [-0.4, -0.2) is 28.8 Å². The lowest BCUT2D eigenvalue weighted by molar-refractivity contribution is -0.129. The van der Waals surface area contributed by atoms with E-state index < -0.39 is 26.6 Å². The topological polar surface area (TPSA) is 95.4 Å². The Labute approximate surface area is 190 Å². The van der Waals surface area contributed by atoms with E-state index >= 15 is 0 Å². The normalized spacial score (nSPS) is 20.3. The summed E-state index contributed by atoms with van der Waals surface area (Å²) in [6, 6.07) is 13.4. The monoisotopic (exact) mass is 493 g/mol.